The van der Waals surface area contributed by atoms with Gasteiger partial charge in [0, 0.05) is 32.3 Å². The number of rotatable bonds is 4. The summed E-state index contributed by atoms with van der Waals surface area (Å²) in [5, 5.41) is 18.4. The second-order valence-electron chi connectivity index (χ2n) is 4.09. The SMILES string of the molecule is CSCCN(C)C(=O)N1CC(O)C[C@H]1C(=O)O. The smallest absolute Gasteiger partial charge is 0.326 e. The predicted molar refractivity (Wildman–Crippen MR) is 65.2 cm³/mol. The molecule has 0 radical (unpaired) electrons. The lowest BCUT2D eigenvalue weighted by Crippen LogP contribution is -2.47. The first-order valence-corrected chi connectivity index (χ1v) is 6.78. The summed E-state index contributed by atoms with van der Waals surface area (Å²) < 4.78 is 0. The van der Waals surface area contributed by atoms with E-state index in [1.807, 2.05) is 6.26 Å². The van der Waals surface area contributed by atoms with Crippen LogP contribution in [0.15, 0.2) is 0 Å². The fraction of sp³-hybridized carbons (Fsp3) is 0.800. The summed E-state index contributed by atoms with van der Waals surface area (Å²) in [5.41, 5.74) is 0. The molecule has 0 aromatic rings. The minimum absolute atomic E-state index is 0.0966. The lowest BCUT2D eigenvalue weighted by atomic mass is 10.2. The van der Waals surface area contributed by atoms with Crippen molar-refractivity contribution in [3.8, 4) is 0 Å². The molecule has 7 heteroatoms. The Morgan fingerprint density at radius 1 is 1.53 bits per heavy atom. The van der Waals surface area contributed by atoms with Crippen LogP contribution in [0.3, 0.4) is 0 Å². The van der Waals surface area contributed by atoms with Crippen LogP contribution in [0.5, 0.6) is 0 Å². The summed E-state index contributed by atoms with van der Waals surface area (Å²) in [6.07, 6.45) is 1.31. The van der Waals surface area contributed by atoms with Gasteiger partial charge in [-0.25, -0.2) is 9.59 Å². The first-order chi connectivity index (χ1) is 7.97. The van der Waals surface area contributed by atoms with Gasteiger partial charge in [0.15, 0.2) is 0 Å². The highest BCUT2D eigenvalue weighted by Gasteiger charge is 2.39. The Balaban J connectivity index is 2.63. The third-order valence-electron chi connectivity index (χ3n) is 2.77. The van der Waals surface area contributed by atoms with E-state index in [0.717, 1.165) is 5.75 Å². The molecule has 0 aromatic heterocycles. The van der Waals surface area contributed by atoms with Crippen LogP contribution in [0, 0.1) is 0 Å². The molecule has 0 saturated carbocycles. The Hall–Kier alpha value is -0.950. The van der Waals surface area contributed by atoms with Crippen molar-refractivity contribution >= 4 is 23.8 Å². The monoisotopic (exact) mass is 262 g/mol. The number of carbonyl (C=O) groups excluding carboxylic acids is 1. The highest BCUT2D eigenvalue weighted by Crippen LogP contribution is 2.19. The number of aliphatic carboxylic acids is 1. The molecule has 1 rings (SSSR count). The van der Waals surface area contributed by atoms with Gasteiger partial charge >= 0.3 is 12.0 Å². The second-order valence-corrected chi connectivity index (χ2v) is 5.08. The number of β-amino-alcohol motifs (C(OH)–C–C–N with tert-alkyl or cyclic N) is 1. The number of carbonyl (C=O) groups is 2. The molecule has 1 fully saturated rings. The molecule has 0 spiro atoms. The second kappa shape index (κ2) is 6.11. The van der Waals surface area contributed by atoms with E-state index in [9.17, 15) is 14.7 Å². The molecular weight excluding hydrogens is 244 g/mol. The van der Waals surface area contributed by atoms with Crippen LogP contribution in [0.4, 0.5) is 4.79 Å². The molecule has 2 amide bonds. The minimum atomic E-state index is -1.06. The van der Waals surface area contributed by atoms with E-state index in [0.29, 0.717) is 6.54 Å². The summed E-state index contributed by atoms with van der Waals surface area (Å²) in [7, 11) is 1.64. The molecule has 1 saturated heterocycles. The summed E-state index contributed by atoms with van der Waals surface area (Å²) in [6.45, 7) is 0.665. The number of aliphatic hydroxyl groups excluding tert-OH is 1. The standard InChI is InChI=1S/C10H18N2O4S/c1-11(3-4-17-2)10(16)12-6-7(13)5-8(12)9(14)15/h7-8,13H,3-6H2,1-2H3,(H,14,15)/t7?,8-/m0/s1. The minimum Gasteiger partial charge on any atom is -0.480 e. The van der Waals surface area contributed by atoms with Gasteiger partial charge < -0.3 is 20.0 Å². The van der Waals surface area contributed by atoms with E-state index < -0.39 is 18.1 Å². The van der Waals surface area contributed by atoms with Crippen molar-refractivity contribution < 1.29 is 19.8 Å². The van der Waals surface area contributed by atoms with Gasteiger partial charge in [-0.2, -0.15) is 11.8 Å². The molecule has 0 aliphatic carbocycles. The van der Waals surface area contributed by atoms with Gasteiger partial charge in [-0.05, 0) is 6.26 Å². The number of carboxylic acid groups (broad SMARTS) is 1. The van der Waals surface area contributed by atoms with Crippen LogP contribution in [0.25, 0.3) is 0 Å². The largest absolute Gasteiger partial charge is 0.480 e. The van der Waals surface area contributed by atoms with Gasteiger partial charge in [0.2, 0.25) is 0 Å². The van der Waals surface area contributed by atoms with Crippen LogP contribution in [-0.2, 0) is 4.79 Å². The van der Waals surface area contributed by atoms with Crippen molar-refractivity contribution in [1.29, 1.82) is 0 Å². The highest BCUT2D eigenvalue weighted by atomic mass is 32.2. The zero-order valence-corrected chi connectivity index (χ0v) is 10.8. The van der Waals surface area contributed by atoms with E-state index in [-0.39, 0.29) is 19.0 Å². The maximum absolute atomic E-state index is 12.0. The van der Waals surface area contributed by atoms with Gasteiger partial charge in [-0.1, -0.05) is 0 Å². The summed E-state index contributed by atoms with van der Waals surface area (Å²) in [5.74, 6) is -0.260. The molecule has 1 unspecified atom stereocenters. The lowest BCUT2D eigenvalue weighted by Gasteiger charge is -2.27. The molecule has 98 valence electrons. The zero-order chi connectivity index (χ0) is 13.0. The molecule has 2 atom stereocenters. The van der Waals surface area contributed by atoms with Crippen LogP contribution < -0.4 is 0 Å². The fourth-order valence-corrected chi connectivity index (χ4v) is 2.26. The van der Waals surface area contributed by atoms with Crippen molar-refractivity contribution in [2.24, 2.45) is 0 Å². The average molecular weight is 262 g/mol. The maximum Gasteiger partial charge on any atom is 0.326 e. The number of hydrogen-bond acceptors (Lipinski definition) is 4. The first kappa shape index (κ1) is 14.1. The maximum atomic E-state index is 12.0. The predicted octanol–water partition coefficient (Wildman–Crippen LogP) is -0.0790. The fourth-order valence-electron chi connectivity index (χ4n) is 1.80. The lowest BCUT2D eigenvalue weighted by molar-refractivity contribution is -0.141. The van der Waals surface area contributed by atoms with Crippen LogP contribution in [-0.4, -0.2) is 76.3 Å². The van der Waals surface area contributed by atoms with Gasteiger partial charge in [-0.15, -0.1) is 0 Å². The third kappa shape index (κ3) is 3.50. The van der Waals surface area contributed by atoms with Crippen molar-refractivity contribution in [3.63, 3.8) is 0 Å². The Kier molecular flexibility index (Phi) is 5.07. The van der Waals surface area contributed by atoms with E-state index >= 15 is 0 Å². The van der Waals surface area contributed by atoms with Crippen molar-refractivity contribution in [2.75, 3.05) is 32.1 Å². The van der Waals surface area contributed by atoms with Crippen molar-refractivity contribution in [2.45, 2.75) is 18.6 Å². The quantitative estimate of drug-likeness (QED) is 0.740. The van der Waals surface area contributed by atoms with Gasteiger partial charge in [0.1, 0.15) is 6.04 Å². The molecule has 1 heterocycles. The summed E-state index contributed by atoms with van der Waals surface area (Å²) in [4.78, 5) is 25.7. The Labute approximate surface area is 105 Å². The zero-order valence-electron chi connectivity index (χ0n) is 10.00. The Morgan fingerprint density at radius 2 is 2.18 bits per heavy atom. The Bertz CT molecular complexity index is 300. The van der Waals surface area contributed by atoms with E-state index in [4.69, 9.17) is 5.11 Å². The molecule has 17 heavy (non-hydrogen) atoms. The molecule has 1 aliphatic rings. The topological polar surface area (TPSA) is 81.1 Å². The van der Waals surface area contributed by atoms with Crippen molar-refractivity contribution in [3.05, 3.63) is 0 Å². The summed E-state index contributed by atoms with van der Waals surface area (Å²) in [6, 6.07) is -1.24. The molecule has 1 aliphatic heterocycles. The number of likely N-dealkylation sites (tertiary alicyclic amines) is 1. The molecule has 2 N–H and O–H groups in total. The number of urea groups is 1. The first-order valence-electron chi connectivity index (χ1n) is 5.39. The number of carboxylic acids is 1. The van der Waals surface area contributed by atoms with E-state index in [2.05, 4.69) is 0 Å². The van der Waals surface area contributed by atoms with Gasteiger partial charge in [0.05, 0.1) is 6.10 Å². The number of thioether (sulfide) groups is 1. The third-order valence-corrected chi connectivity index (χ3v) is 3.36. The van der Waals surface area contributed by atoms with Crippen LogP contribution in [0.2, 0.25) is 0 Å². The van der Waals surface area contributed by atoms with E-state index in [1.54, 1.807) is 18.8 Å². The van der Waals surface area contributed by atoms with Gasteiger partial charge in [-0.3, -0.25) is 0 Å². The molecule has 0 aromatic carbocycles. The number of hydrogen-bond donors (Lipinski definition) is 2. The van der Waals surface area contributed by atoms with Crippen LogP contribution in [0.1, 0.15) is 6.42 Å². The Morgan fingerprint density at radius 3 is 2.71 bits per heavy atom. The average Bonchev–Trinajstić information content (AvgIpc) is 2.67. The normalized spacial score (nSPS) is 23.8. The number of aliphatic hydroxyl groups is 1. The summed E-state index contributed by atoms with van der Waals surface area (Å²) >= 11 is 1.62. The molecule has 0 bridgehead atoms. The van der Waals surface area contributed by atoms with Crippen LogP contribution >= 0.6 is 11.8 Å². The number of amides is 2. The molecule has 6 nitrogen and oxygen atoms in total. The number of nitrogens with zero attached hydrogens (tertiary/aromatic N) is 2. The van der Waals surface area contributed by atoms with Crippen molar-refractivity contribution in [1.82, 2.24) is 9.80 Å². The highest BCUT2D eigenvalue weighted by molar-refractivity contribution is 7.98. The molecular formula is C10H18N2O4S. The van der Waals surface area contributed by atoms with Gasteiger partial charge in [0.25, 0.3) is 0 Å². The van der Waals surface area contributed by atoms with E-state index in [1.165, 1.54) is 9.80 Å².